The van der Waals surface area contributed by atoms with Gasteiger partial charge in [-0.2, -0.15) is 5.21 Å². The van der Waals surface area contributed by atoms with E-state index in [1.165, 1.54) is 6.42 Å². The highest BCUT2D eigenvalue weighted by atomic mass is 35.5. The Morgan fingerprint density at radius 2 is 1.77 bits per heavy atom. The number of nitrogens with one attached hydrogen (secondary N) is 1. The van der Waals surface area contributed by atoms with Gasteiger partial charge in [0.25, 0.3) is 0 Å². The number of unbranched alkanes of at least 4 members (excludes halogenated alkanes) is 1. The Labute approximate surface area is 210 Å². The number of aromatic amines is 1. The largest absolute Gasteiger partial charge is 0.330 e. The highest BCUT2D eigenvalue weighted by Gasteiger charge is 2.25. The van der Waals surface area contributed by atoms with Crippen LogP contribution in [0.3, 0.4) is 0 Å². The van der Waals surface area contributed by atoms with Crippen molar-refractivity contribution in [3.63, 3.8) is 0 Å². The molecule has 0 amide bonds. The van der Waals surface area contributed by atoms with Crippen molar-refractivity contribution in [2.45, 2.75) is 70.9 Å². The van der Waals surface area contributed by atoms with E-state index in [-0.39, 0.29) is 11.7 Å². The van der Waals surface area contributed by atoms with Gasteiger partial charge in [0, 0.05) is 11.6 Å². The summed E-state index contributed by atoms with van der Waals surface area (Å²) in [7, 11) is 0. The summed E-state index contributed by atoms with van der Waals surface area (Å²) in [6, 6.07) is 16.6. The van der Waals surface area contributed by atoms with Gasteiger partial charge in [0.1, 0.15) is 5.15 Å². The first-order valence-corrected chi connectivity index (χ1v) is 13.0. The molecule has 0 unspecified atom stereocenters. The van der Waals surface area contributed by atoms with Crippen LogP contribution in [0.5, 0.6) is 0 Å². The molecule has 0 bridgehead atoms. The van der Waals surface area contributed by atoms with E-state index < -0.39 is 0 Å². The van der Waals surface area contributed by atoms with Gasteiger partial charge in [-0.05, 0) is 47.6 Å². The van der Waals surface area contributed by atoms with Crippen molar-refractivity contribution < 1.29 is 0 Å². The number of rotatable bonds is 8. The Kier molecular flexibility index (Phi) is 7.13. The molecule has 35 heavy (non-hydrogen) atoms. The maximum absolute atomic E-state index is 13.6. The van der Waals surface area contributed by atoms with Gasteiger partial charge in [-0.1, -0.05) is 92.7 Å². The van der Waals surface area contributed by atoms with Crippen LogP contribution in [0.2, 0.25) is 5.15 Å². The van der Waals surface area contributed by atoms with Gasteiger partial charge in [0.2, 0.25) is 5.82 Å². The lowest BCUT2D eigenvalue weighted by Gasteiger charge is -2.22. The van der Waals surface area contributed by atoms with Crippen LogP contribution in [0.1, 0.15) is 69.2 Å². The lowest BCUT2D eigenvalue weighted by Crippen LogP contribution is -2.29. The molecule has 0 spiro atoms. The van der Waals surface area contributed by atoms with Crippen LogP contribution in [0, 0.1) is 0 Å². The van der Waals surface area contributed by atoms with Gasteiger partial charge in [-0.15, -0.1) is 10.2 Å². The van der Waals surface area contributed by atoms with E-state index in [2.05, 4.69) is 57.9 Å². The molecular weight excluding hydrogens is 460 g/mol. The molecule has 2 aromatic heterocycles. The Hall–Kier alpha value is -3.19. The molecule has 2 aromatic carbocycles. The molecule has 1 aliphatic carbocycles. The van der Waals surface area contributed by atoms with E-state index in [0.29, 0.717) is 17.5 Å². The fourth-order valence-electron chi connectivity index (χ4n) is 5.16. The SMILES string of the molecule is CCCCc1c(Cl)n(C2CCCCC2)c(=O)n1Cc1ccc(-c2ccccc2-c2nn[nH]n2)cc1. The first-order valence-electron chi connectivity index (χ1n) is 12.6. The molecule has 0 saturated heterocycles. The minimum Gasteiger partial charge on any atom is -0.290 e. The zero-order chi connectivity index (χ0) is 24.2. The van der Waals surface area contributed by atoms with E-state index in [1.807, 2.05) is 27.3 Å². The van der Waals surface area contributed by atoms with Crippen molar-refractivity contribution >= 4 is 11.6 Å². The standard InChI is InChI=1S/C27H31ClN6O/c1-2-3-13-24-25(28)34(21-9-5-4-6-10-21)27(35)33(24)18-19-14-16-20(17-15-19)22-11-7-8-12-23(22)26-29-31-32-30-26/h7-8,11-12,14-17,21H,2-6,9-10,13,18H2,1H3,(H,29,30,31,32). The van der Waals surface area contributed by atoms with E-state index in [9.17, 15) is 4.79 Å². The number of tetrazole rings is 1. The first-order chi connectivity index (χ1) is 17.2. The number of hydrogen-bond donors (Lipinski definition) is 1. The molecule has 4 aromatic rings. The van der Waals surface area contributed by atoms with Crippen molar-refractivity contribution in [2.75, 3.05) is 0 Å². The average molecular weight is 491 g/mol. The summed E-state index contributed by atoms with van der Waals surface area (Å²) in [5.74, 6) is 0.565. The average Bonchev–Trinajstić information content (AvgIpc) is 3.51. The van der Waals surface area contributed by atoms with Crippen LogP contribution in [0.15, 0.2) is 53.3 Å². The highest BCUT2D eigenvalue weighted by Crippen LogP contribution is 2.32. The molecule has 8 heteroatoms. The van der Waals surface area contributed by atoms with Crippen molar-refractivity contribution in [3.8, 4) is 22.5 Å². The second-order valence-electron chi connectivity index (χ2n) is 9.35. The van der Waals surface area contributed by atoms with E-state index in [4.69, 9.17) is 11.6 Å². The van der Waals surface area contributed by atoms with Crippen LogP contribution >= 0.6 is 11.6 Å². The zero-order valence-corrected chi connectivity index (χ0v) is 20.8. The Morgan fingerprint density at radius 1 is 1.03 bits per heavy atom. The molecule has 182 valence electrons. The second kappa shape index (κ2) is 10.6. The number of hydrogen-bond acceptors (Lipinski definition) is 4. The minimum atomic E-state index is 0.0273. The lowest BCUT2D eigenvalue weighted by atomic mass is 9.95. The fraction of sp³-hybridized carbons (Fsp3) is 0.407. The molecule has 1 aliphatic rings. The monoisotopic (exact) mass is 490 g/mol. The molecule has 1 N–H and O–H groups in total. The highest BCUT2D eigenvalue weighted by molar-refractivity contribution is 6.30. The molecule has 0 atom stereocenters. The number of imidazole rings is 1. The summed E-state index contributed by atoms with van der Waals surface area (Å²) in [4.78, 5) is 13.6. The van der Waals surface area contributed by atoms with Crippen LogP contribution in [-0.2, 0) is 13.0 Å². The maximum atomic E-state index is 13.6. The van der Waals surface area contributed by atoms with Crippen LogP contribution in [0.4, 0.5) is 0 Å². The van der Waals surface area contributed by atoms with Crippen molar-refractivity contribution in [1.29, 1.82) is 0 Å². The van der Waals surface area contributed by atoms with Crippen molar-refractivity contribution in [1.82, 2.24) is 29.8 Å². The van der Waals surface area contributed by atoms with Gasteiger partial charge in [-0.3, -0.25) is 9.13 Å². The Bertz CT molecular complexity index is 1320. The predicted octanol–water partition coefficient (Wildman–Crippen LogP) is 6.05. The third kappa shape index (κ3) is 4.82. The van der Waals surface area contributed by atoms with Gasteiger partial charge in [0.15, 0.2) is 0 Å². The van der Waals surface area contributed by atoms with Crippen LogP contribution in [-0.4, -0.2) is 29.8 Å². The van der Waals surface area contributed by atoms with Crippen molar-refractivity contribution in [2.24, 2.45) is 0 Å². The second-order valence-corrected chi connectivity index (χ2v) is 9.71. The fourth-order valence-corrected chi connectivity index (χ4v) is 5.57. The molecule has 2 heterocycles. The van der Waals surface area contributed by atoms with Gasteiger partial charge >= 0.3 is 5.69 Å². The minimum absolute atomic E-state index is 0.0273. The van der Waals surface area contributed by atoms with Crippen molar-refractivity contribution in [3.05, 3.63) is 75.4 Å². The van der Waals surface area contributed by atoms with Gasteiger partial charge in [0.05, 0.1) is 12.2 Å². The lowest BCUT2D eigenvalue weighted by molar-refractivity contribution is 0.344. The molecule has 7 nitrogen and oxygen atoms in total. The number of aromatic nitrogens is 6. The quantitative estimate of drug-likeness (QED) is 0.326. The van der Waals surface area contributed by atoms with E-state index in [0.717, 1.165) is 72.9 Å². The molecule has 1 saturated carbocycles. The topological polar surface area (TPSA) is 81.4 Å². The molecule has 5 rings (SSSR count). The van der Waals surface area contributed by atoms with Crippen LogP contribution in [0.25, 0.3) is 22.5 Å². The normalized spacial score (nSPS) is 14.5. The third-order valence-corrected chi connectivity index (χ3v) is 7.44. The summed E-state index contributed by atoms with van der Waals surface area (Å²) >= 11 is 6.86. The first kappa shape index (κ1) is 23.5. The molecule has 0 aliphatic heterocycles. The smallest absolute Gasteiger partial charge is 0.290 e. The third-order valence-electron chi connectivity index (χ3n) is 7.04. The predicted molar refractivity (Wildman–Crippen MR) is 139 cm³/mol. The number of benzene rings is 2. The Morgan fingerprint density at radius 3 is 2.46 bits per heavy atom. The van der Waals surface area contributed by atoms with E-state index >= 15 is 0 Å². The summed E-state index contributed by atoms with van der Waals surface area (Å²) < 4.78 is 3.77. The summed E-state index contributed by atoms with van der Waals surface area (Å²) in [6.45, 7) is 2.68. The number of nitrogens with zero attached hydrogens (tertiary/aromatic N) is 5. The molecular formula is C27H31ClN6O. The zero-order valence-electron chi connectivity index (χ0n) is 20.1. The van der Waals surface area contributed by atoms with E-state index in [1.54, 1.807) is 0 Å². The summed E-state index contributed by atoms with van der Waals surface area (Å²) in [5, 5.41) is 15.1. The molecule has 1 fully saturated rings. The Balaban J connectivity index is 1.45. The number of H-pyrrole nitrogens is 1. The summed E-state index contributed by atoms with van der Waals surface area (Å²) in [6.07, 6.45) is 8.53. The number of halogens is 1. The van der Waals surface area contributed by atoms with Gasteiger partial charge < -0.3 is 0 Å². The van der Waals surface area contributed by atoms with Gasteiger partial charge in [-0.25, -0.2) is 4.79 Å². The molecule has 0 radical (unpaired) electrons. The van der Waals surface area contributed by atoms with Crippen LogP contribution < -0.4 is 5.69 Å². The maximum Gasteiger partial charge on any atom is 0.330 e. The summed E-state index contributed by atoms with van der Waals surface area (Å²) in [5.41, 5.74) is 5.08.